The van der Waals surface area contributed by atoms with Crippen LogP contribution in [0.1, 0.15) is 47.4 Å². The van der Waals surface area contributed by atoms with Gasteiger partial charge in [-0.05, 0) is 53.6 Å². The number of nitrogen functional groups attached to an aromatic ring is 1. The number of rotatable bonds is 22. The lowest BCUT2D eigenvalue weighted by molar-refractivity contribution is -0.142. The second kappa shape index (κ2) is 24.0. The predicted octanol–water partition coefficient (Wildman–Crippen LogP) is 5.20. The van der Waals surface area contributed by atoms with Gasteiger partial charge in [0.15, 0.2) is 0 Å². The molecule has 1 aromatic carbocycles. The van der Waals surface area contributed by atoms with E-state index in [1.807, 2.05) is 30.3 Å². The first-order valence-electron chi connectivity index (χ1n) is 21.2. The van der Waals surface area contributed by atoms with E-state index < -0.39 is 73.0 Å². The van der Waals surface area contributed by atoms with Crippen LogP contribution in [0, 0.1) is 17.2 Å². The zero-order valence-electron chi connectivity index (χ0n) is 37.0. The highest BCUT2D eigenvalue weighted by Crippen LogP contribution is 2.34. The number of alkyl carbamates (subject to hydrolysis) is 1. The van der Waals surface area contributed by atoms with Gasteiger partial charge in [-0.25, -0.2) is 18.6 Å². The smallest absolute Gasteiger partial charge is 0.407 e. The molecule has 5 aromatic rings. The number of halogens is 2. The highest BCUT2D eigenvalue weighted by atomic mass is 33.1. The van der Waals surface area contributed by atoms with Crippen molar-refractivity contribution in [1.82, 2.24) is 40.8 Å². The third-order valence-electron chi connectivity index (χ3n) is 10.6. The first-order chi connectivity index (χ1) is 33.1. The first-order valence-corrected chi connectivity index (χ1v) is 23.7. The summed E-state index contributed by atoms with van der Waals surface area (Å²) in [6, 6.07) is 16.3. The fraction of sp³-hybridized carbons (Fsp3) is 0.326. The molecular weight excluding hydrogens is 939 g/mol. The number of Topliss-reactive ketones (excluding diaryl/α,β-unsaturated/α-hetero) is 1. The fourth-order valence-electron chi connectivity index (χ4n) is 7.01. The van der Waals surface area contributed by atoms with Crippen LogP contribution in [0.25, 0.3) is 33.2 Å². The van der Waals surface area contributed by atoms with Gasteiger partial charge in [0.2, 0.25) is 17.7 Å². The number of carboxylic acids is 1. The lowest BCUT2D eigenvalue weighted by Gasteiger charge is -2.19. The number of fused-ring (bicyclic) bond motifs is 1. The number of likely N-dealkylation sites (tertiary alicyclic amines) is 1. The van der Waals surface area contributed by atoms with E-state index in [0.29, 0.717) is 23.0 Å². The summed E-state index contributed by atoms with van der Waals surface area (Å²) in [5, 5.41) is 27.3. The number of ether oxygens (including phenoxy) is 2. The SMILES string of the molecule is COc1ncc(-c2ccc3nccc(-c4ccc(COC(=O)NCCSSCC(CC(=O)CCC(=O)NCc5cc(C(=O)NCC(=O)N6CC(F)(F)C[C@H]6C#N)ccn5)C(=O)O)nc4)c3c2)cc1N. The number of hydrogen-bond donors (Lipinski definition) is 5. The Morgan fingerprint density at radius 1 is 0.928 bits per heavy atom. The van der Waals surface area contributed by atoms with Gasteiger partial charge in [0.1, 0.15) is 18.4 Å². The Morgan fingerprint density at radius 2 is 1.71 bits per heavy atom. The van der Waals surface area contributed by atoms with Gasteiger partial charge >= 0.3 is 12.1 Å². The highest BCUT2D eigenvalue weighted by Gasteiger charge is 2.47. The molecule has 1 unspecified atom stereocenters. The molecule has 6 N–H and O–H groups in total. The molecule has 0 radical (unpaired) electrons. The summed E-state index contributed by atoms with van der Waals surface area (Å²) >= 11 is 0. The van der Waals surface area contributed by atoms with Crippen LogP contribution in [0.15, 0.2) is 79.4 Å². The van der Waals surface area contributed by atoms with Crippen LogP contribution in [0.2, 0.25) is 0 Å². The number of anilines is 1. The Labute approximate surface area is 401 Å². The molecule has 19 nitrogen and oxygen atoms in total. The van der Waals surface area contributed by atoms with Crippen molar-refractivity contribution in [2.45, 2.75) is 50.8 Å². The van der Waals surface area contributed by atoms with Gasteiger partial charge < -0.3 is 41.2 Å². The minimum atomic E-state index is -3.19. The Kier molecular flexibility index (Phi) is 17.7. The first kappa shape index (κ1) is 51.0. The maximum absolute atomic E-state index is 13.7. The third kappa shape index (κ3) is 14.5. The monoisotopic (exact) mass is 984 g/mol. The van der Waals surface area contributed by atoms with Crippen molar-refractivity contribution < 1.29 is 52.1 Å². The number of carbonyl (C=O) groups excluding carboxylic acids is 5. The molecule has 2 atom stereocenters. The van der Waals surface area contributed by atoms with Crippen molar-refractivity contribution in [3.63, 3.8) is 0 Å². The molecule has 0 spiro atoms. The van der Waals surface area contributed by atoms with Crippen LogP contribution in [0.3, 0.4) is 0 Å². The second-order valence-corrected chi connectivity index (χ2v) is 18.2. The van der Waals surface area contributed by atoms with Crippen LogP contribution in [-0.4, -0.2) is 116 Å². The molecule has 0 saturated carbocycles. The highest BCUT2D eigenvalue weighted by molar-refractivity contribution is 8.76. The third-order valence-corrected chi connectivity index (χ3v) is 13.1. The molecule has 6 rings (SSSR count). The van der Waals surface area contributed by atoms with Crippen molar-refractivity contribution in [2.24, 2.45) is 5.92 Å². The number of carbonyl (C=O) groups is 6. The topological polar surface area (TPSA) is 282 Å². The summed E-state index contributed by atoms with van der Waals surface area (Å²) < 4.78 is 37.9. The van der Waals surface area contributed by atoms with Crippen LogP contribution >= 0.6 is 21.6 Å². The minimum Gasteiger partial charge on any atom is -0.481 e. The Balaban J connectivity index is 0.846. The van der Waals surface area contributed by atoms with Gasteiger partial charge in [0, 0.05) is 90.6 Å². The molecule has 5 heterocycles. The second-order valence-electron chi connectivity index (χ2n) is 15.6. The summed E-state index contributed by atoms with van der Waals surface area (Å²) in [6.45, 7) is -1.48. The average molecular weight is 985 g/mol. The largest absolute Gasteiger partial charge is 0.481 e. The number of benzene rings is 1. The van der Waals surface area contributed by atoms with E-state index in [1.165, 1.54) is 47.0 Å². The molecule has 1 aliphatic heterocycles. The van der Waals surface area contributed by atoms with Crippen molar-refractivity contribution in [1.29, 1.82) is 5.26 Å². The normalized spacial score (nSPS) is 14.3. The maximum atomic E-state index is 13.7. The van der Waals surface area contributed by atoms with Gasteiger partial charge in [-0.3, -0.25) is 38.9 Å². The number of nitrogens with one attached hydrogen (secondary N) is 3. The number of nitrogens with two attached hydrogens (primary N) is 1. The molecule has 4 aromatic heterocycles. The molecule has 360 valence electrons. The average Bonchev–Trinajstić information content (AvgIpc) is 3.68. The summed E-state index contributed by atoms with van der Waals surface area (Å²) in [4.78, 5) is 92.5. The van der Waals surface area contributed by atoms with Crippen LogP contribution < -0.4 is 26.4 Å². The van der Waals surface area contributed by atoms with Gasteiger partial charge in [-0.2, -0.15) is 5.26 Å². The number of carboxylic acid groups (broad SMARTS) is 1. The summed E-state index contributed by atoms with van der Waals surface area (Å²) in [5.41, 5.74) is 11.6. The van der Waals surface area contributed by atoms with E-state index in [2.05, 4.69) is 35.9 Å². The number of methoxy groups -OCH3 is 1. The van der Waals surface area contributed by atoms with Crippen molar-refractivity contribution in [2.75, 3.05) is 44.0 Å². The number of nitriles is 1. The summed E-state index contributed by atoms with van der Waals surface area (Å²) in [7, 11) is 4.05. The summed E-state index contributed by atoms with van der Waals surface area (Å²) in [6.07, 6.45) is 4.26. The van der Waals surface area contributed by atoms with Crippen molar-refractivity contribution >= 4 is 73.7 Å². The lowest BCUT2D eigenvalue weighted by Crippen LogP contribution is -2.43. The Hall–Kier alpha value is -7.45. The number of ketones is 1. The number of alkyl halides is 2. The van der Waals surface area contributed by atoms with E-state index >= 15 is 0 Å². The standard InChI is InChI=1S/C46H46F2N10O9S2/c1-66-43-38(50)17-30(21-57-43)27-3-6-39-37(16-27)36(9-11-52-39)29-2-4-32(54-20-29)24-67-45(65)53-12-13-68-69-25-31(44(63)64)15-35(59)5-7-40(60)55-22-33-14-28(8-10-51-33)42(62)56-23-41(61)58-26-46(47,48)18-34(58)19-49/h2-4,6,8-11,14,16-17,20-21,31,34H,5,7,12-13,15,18,22-26,50H2,1H3,(H,53,65)(H,55,60)(H,56,62)(H,63,64)/t31?,34-/m0/s1. The zero-order chi connectivity index (χ0) is 49.5. The molecule has 4 amide bonds. The van der Waals surface area contributed by atoms with E-state index in [4.69, 9.17) is 20.5 Å². The van der Waals surface area contributed by atoms with Gasteiger partial charge in [-0.15, -0.1) is 0 Å². The Bertz CT molecular complexity index is 2750. The Morgan fingerprint density at radius 3 is 2.45 bits per heavy atom. The van der Waals surface area contributed by atoms with E-state index in [-0.39, 0.29) is 56.0 Å². The van der Waals surface area contributed by atoms with Crippen molar-refractivity contribution in [3.05, 3.63) is 96.3 Å². The van der Waals surface area contributed by atoms with Gasteiger partial charge in [-0.1, -0.05) is 33.7 Å². The van der Waals surface area contributed by atoms with Crippen LogP contribution in [0.5, 0.6) is 5.88 Å². The number of aliphatic carboxylic acids is 1. The van der Waals surface area contributed by atoms with E-state index in [1.54, 1.807) is 36.8 Å². The van der Waals surface area contributed by atoms with Crippen LogP contribution in [0.4, 0.5) is 19.3 Å². The molecule has 0 aliphatic carbocycles. The number of nitrogens with zero attached hydrogens (tertiary/aromatic N) is 6. The number of amides is 4. The van der Waals surface area contributed by atoms with E-state index in [9.17, 15) is 42.7 Å². The number of aromatic nitrogens is 4. The molecular formula is C46H46F2N10O9S2. The molecule has 23 heteroatoms. The predicted molar refractivity (Wildman–Crippen MR) is 251 cm³/mol. The van der Waals surface area contributed by atoms with Gasteiger partial charge in [0.25, 0.3) is 11.8 Å². The fourth-order valence-corrected chi connectivity index (χ4v) is 9.22. The zero-order valence-corrected chi connectivity index (χ0v) is 38.6. The molecule has 1 fully saturated rings. The van der Waals surface area contributed by atoms with E-state index in [0.717, 1.165) is 38.1 Å². The van der Waals surface area contributed by atoms with Crippen LogP contribution in [-0.2, 0) is 37.1 Å². The molecule has 1 aliphatic rings. The van der Waals surface area contributed by atoms with Crippen molar-refractivity contribution in [3.8, 4) is 34.2 Å². The molecule has 69 heavy (non-hydrogen) atoms. The molecule has 0 bridgehead atoms. The lowest BCUT2D eigenvalue weighted by atomic mass is 9.98. The quantitative estimate of drug-likeness (QED) is 0.0440. The molecule has 1 saturated heterocycles. The maximum Gasteiger partial charge on any atom is 0.407 e. The van der Waals surface area contributed by atoms with Gasteiger partial charge in [0.05, 0.1) is 61.3 Å². The summed E-state index contributed by atoms with van der Waals surface area (Å²) in [5.74, 6) is -6.96. The minimum absolute atomic E-state index is 0.0724. The number of pyridine rings is 4. The number of hydrogen-bond acceptors (Lipinski definition) is 16.